The van der Waals surface area contributed by atoms with Crippen LogP contribution in [0.3, 0.4) is 0 Å². The van der Waals surface area contributed by atoms with E-state index < -0.39 is 5.92 Å². The molecule has 2 aromatic rings. The fourth-order valence-electron chi connectivity index (χ4n) is 2.08. The highest BCUT2D eigenvalue weighted by atomic mass is 16.5. The summed E-state index contributed by atoms with van der Waals surface area (Å²) >= 11 is 0. The molecule has 0 aliphatic rings. The summed E-state index contributed by atoms with van der Waals surface area (Å²) in [5.41, 5.74) is 0.934. The largest absolute Gasteiger partial charge is 0.508 e. The smallest absolute Gasteiger partial charge is 0.172 e. The lowest BCUT2D eigenvalue weighted by molar-refractivity contribution is 0.0922. The lowest BCUT2D eigenvalue weighted by Gasteiger charge is -2.15. The Kier molecular flexibility index (Phi) is 4.45. The molecule has 0 saturated heterocycles. The Hall–Kier alpha value is -2.53. The fourth-order valence-corrected chi connectivity index (χ4v) is 2.08. The maximum absolute atomic E-state index is 12.4. The molecule has 0 aromatic heterocycles. The van der Waals surface area contributed by atoms with E-state index >= 15 is 0 Å². The maximum Gasteiger partial charge on any atom is 0.172 e. The van der Waals surface area contributed by atoms with Crippen LogP contribution in [0.2, 0.25) is 0 Å². The number of Topliss-reactive ketones (excluding diaryl/α,β-unsaturated/α-hetero) is 1. The third kappa shape index (κ3) is 3.14. The molecule has 21 heavy (non-hydrogen) atoms. The van der Waals surface area contributed by atoms with Gasteiger partial charge in [0, 0.05) is 5.56 Å². The number of ether oxygens (including phenoxy) is 1. The summed E-state index contributed by atoms with van der Waals surface area (Å²) in [6, 6.07) is 10.3. The SMILES string of the molecule is COc1cc(C(CO)C(=O)c2ccc(O)cc2)ccc1O. The molecule has 0 heterocycles. The van der Waals surface area contributed by atoms with E-state index in [-0.39, 0.29) is 29.6 Å². The molecular weight excluding hydrogens is 272 g/mol. The zero-order chi connectivity index (χ0) is 15.4. The molecule has 0 spiro atoms. The van der Waals surface area contributed by atoms with Gasteiger partial charge >= 0.3 is 0 Å². The summed E-state index contributed by atoms with van der Waals surface area (Å²) in [4.78, 5) is 12.4. The van der Waals surface area contributed by atoms with Gasteiger partial charge in [-0.1, -0.05) is 6.07 Å². The lowest BCUT2D eigenvalue weighted by atomic mass is 9.91. The zero-order valence-corrected chi connectivity index (χ0v) is 11.5. The van der Waals surface area contributed by atoms with E-state index in [1.807, 2.05) is 0 Å². The number of phenolic OH excluding ortho intramolecular Hbond substituents is 2. The molecule has 5 heteroatoms. The van der Waals surface area contributed by atoms with E-state index in [1.54, 1.807) is 6.07 Å². The van der Waals surface area contributed by atoms with Crippen LogP contribution in [0.5, 0.6) is 17.2 Å². The molecule has 110 valence electrons. The number of ketones is 1. The Morgan fingerprint density at radius 2 is 1.81 bits per heavy atom. The van der Waals surface area contributed by atoms with Crippen molar-refractivity contribution < 1.29 is 24.9 Å². The summed E-state index contributed by atoms with van der Waals surface area (Å²) in [5, 5.41) is 28.3. The molecule has 0 bridgehead atoms. The van der Waals surface area contributed by atoms with Crippen LogP contribution in [0.1, 0.15) is 21.8 Å². The van der Waals surface area contributed by atoms with E-state index in [1.165, 1.54) is 43.5 Å². The van der Waals surface area contributed by atoms with Gasteiger partial charge in [-0.15, -0.1) is 0 Å². The van der Waals surface area contributed by atoms with Crippen molar-refractivity contribution in [2.75, 3.05) is 13.7 Å². The number of carbonyl (C=O) groups is 1. The Labute approximate surface area is 122 Å². The van der Waals surface area contributed by atoms with Gasteiger partial charge in [-0.05, 0) is 42.0 Å². The number of aromatic hydroxyl groups is 2. The number of carbonyl (C=O) groups excluding carboxylic acids is 1. The highest BCUT2D eigenvalue weighted by Crippen LogP contribution is 2.31. The average molecular weight is 288 g/mol. The van der Waals surface area contributed by atoms with Gasteiger partial charge in [0.1, 0.15) is 5.75 Å². The van der Waals surface area contributed by atoms with Gasteiger partial charge < -0.3 is 20.1 Å². The van der Waals surface area contributed by atoms with E-state index in [0.29, 0.717) is 11.1 Å². The van der Waals surface area contributed by atoms with Crippen LogP contribution in [0.15, 0.2) is 42.5 Å². The lowest BCUT2D eigenvalue weighted by Crippen LogP contribution is -2.16. The van der Waals surface area contributed by atoms with E-state index in [4.69, 9.17) is 4.74 Å². The molecule has 3 N–H and O–H groups in total. The highest BCUT2D eigenvalue weighted by Gasteiger charge is 2.22. The Morgan fingerprint density at radius 3 is 2.38 bits per heavy atom. The van der Waals surface area contributed by atoms with E-state index in [2.05, 4.69) is 0 Å². The van der Waals surface area contributed by atoms with Crippen molar-refractivity contribution in [3.8, 4) is 17.2 Å². The van der Waals surface area contributed by atoms with Crippen molar-refractivity contribution in [3.05, 3.63) is 53.6 Å². The van der Waals surface area contributed by atoms with Crippen molar-refractivity contribution in [3.63, 3.8) is 0 Å². The van der Waals surface area contributed by atoms with Crippen molar-refractivity contribution in [2.24, 2.45) is 0 Å². The van der Waals surface area contributed by atoms with Crippen molar-refractivity contribution in [1.29, 1.82) is 0 Å². The second kappa shape index (κ2) is 6.28. The molecule has 2 aromatic carbocycles. The predicted octanol–water partition coefficient (Wildman–Crippen LogP) is 2.07. The second-order valence-electron chi connectivity index (χ2n) is 4.58. The first-order valence-electron chi connectivity index (χ1n) is 6.37. The normalized spacial score (nSPS) is 11.9. The molecule has 0 aliphatic heterocycles. The van der Waals surface area contributed by atoms with E-state index in [0.717, 1.165) is 0 Å². The molecule has 0 fully saturated rings. The van der Waals surface area contributed by atoms with Crippen molar-refractivity contribution in [1.82, 2.24) is 0 Å². The molecule has 5 nitrogen and oxygen atoms in total. The molecule has 0 saturated carbocycles. The van der Waals surface area contributed by atoms with Crippen LogP contribution in [-0.2, 0) is 0 Å². The summed E-state index contributed by atoms with van der Waals surface area (Å²) in [6.45, 7) is -0.367. The Bertz CT molecular complexity index is 634. The van der Waals surface area contributed by atoms with Crippen LogP contribution in [-0.4, -0.2) is 34.8 Å². The van der Waals surface area contributed by atoms with Crippen LogP contribution in [0.25, 0.3) is 0 Å². The van der Waals surface area contributed by atoms with Gasteiger partial charge in [-0.2, -0.15) is 0 Å². The number of benzene rings is 2. The van der Waals surface area contributed by atoms with Crippen molar-refractivity contribution in [2.45, 2.75) is 5.92 Å². The monoisotopic (exact) mass is 288 g/mol. The Morgan fingerprint density at radius 1 is 1.14 bits per heavy atom. The summed E-state index contributed by atoms with van der Waals surface area (Å²) in [6.07, 6.45) is 0. The van der Waals surface area contributed by atoms with Gasteiger partial charge in [-0.25, -0.2) is 0 Å². The second-order valence-corrected chi connectivity index (χ2v) is 4.58. The summed E-state index contributed by atoms with van der Waals surface area (Å²) in [7, 11) is 1.41. The first-order chi connectivity index (χ1) is 10.1. The van der Waals surface area contributed by atoms with Gasteiger partial charge in [-0.3, -0.25) is 4.79 Å². The topological polar surface area (TPSA) is 87.0 Å². The zero-order valence-electron chi connectivity index (χ0n) is 11.5. The highest BCUT2D eigenvalue weighted by molar-refractivity contribution is 6.01. The van der Waals surface area contributed by atoms with Crippen LogP contribution in [0, 0.1) is 0 Å². The van der Waals surface area contributed by atoms with Gasteiger partial charge in [0.05, 0.1) is 19.6 Å². The third-order valence-electron chi connectivity index (χ3n) is 3.26. The minimum Gasteiger partial charge on any atom is -0.508 e. The maximum atomic E-state index is 12.4. The van der Waals surface area contributed by atoms with Crippen molar-refractivity contribution >= 4 is 5.78 Å². The number of methoxy groups -OCH3 is 1. The average Bonchev–Trinajstić information content (AvgIpc) is 2.50. The molecule has 0 radical (unpaired) electrons. The van der Waals surface area contributed by atoms with Gasteiger partial charge in [0.2, 0.25) is 0 Å². The fraction of sp³-hybridized carbons (Fsp3) is 0.188. The van der Waals surface area contributed by atoms with Crippen LogP contribution in [0.4, 0.5) is 0 Å². The minimum absolute atomic E-state index is 0.0324. The number of aliphatic hydroxyl groups excluding tert-OH is 1. The van der Waals surface area contributed by atoms with Crippen LogP contribution >= 0.6 is 0 Å². The van der Waals surface area contributed by atoms with Crippen LogP contribution < -0.4 is 4.74 Å². The number of aliphatic hydroxyl groups is 1. The number of hydrogen-bond donors (Lipinski definition) is 3. The number of rotatable bonds is 5. The first-order valence-corrected chi connectivity index (χ1v) is 6.37. The molecular formula is C16H16O5. The predicted molar refractivity (Wildman–Crippen MR) is 76.9 cm³/mol. The first kappa shape index (κ1) is 14.9. The molecule has 1 atom stereocenters. The van der Waals surface area contributed by atoms with E-state index in [9.17, 15) is 20.1 Å². The quantitative estimate of drug-likeness (QED) is 0.733. The standard InChI is InChI=1S/C16H16O5/c1-21-15-8-11(4-7-14(15)19)13(9-17)16(20)10-2-5-12(18)6-3-10/h2-8,13,17-19H,9H2,1H3. The number of phenols is 2. The Balaban J connectivity index is 2.34. The van der Waals surface area contributed by atoms with Gasteiger partial charge in [0.25, 0.3) is 0 Å². The number of hydrogen-bond acceptors (Lipinski definition) is 5. The third-order valence-corrected chi connectivity index (χ3v) is 3.26. The minimum atomic E-state index is -0.760. The molecule has 0 aliphatic carbocycles. The molecule has 0 amide bonds. The summed E-state index contributed by atoms with van der Waals surface area (Å²) in [5.74, 6) is -0.757. The molecule has 1 unspecified atom stereocenters. The van der Waals surface area contributed by atoms with Gasteiger partial charge in [0.15, 0.2) is 17.3 Å². The molecule has 2 rings (SSSR count). The summed E-state index contributed by atoms with van der Waals surface area (Å²) < 4.78 is 5.01.